The number of fused-ring (bicyclic) bond motifs is 1. The van der Waals surface area contributed by atoms with Crippen molar-refractivity contribution in [3.05, 3.63) is 76.6 Å². The third-order valence-electron chi connectivity index (χ3n) is 5.21. The summed E-state index contributed by atoms with van der Waals surface area (Å²) in [4.78, 5) is 19.4. The van der Waals surface area contributed by atoms with Gasteiger partial charge in [-0.2, -0.15) is 0 Å². The zero-order valence-corrected chi connectivity index (χ0v) is 14.6. The van der Waals surface area contributed by atoms with Crippen LogP contribution in [-0.4, -0.2) is 27.5 Å². The van der Waals surface area contributed by atoms with Gasteiger partial charge in [-0.05, 0) is 61.7 Å². The van der Waals surface area contributed by atoms with Crippen molar-refractivity contribution in [3.8, 4) is 0 Å². The second-order valence-corrected chi connectivity index (χ2v) is 7.07. The Labute approximate surface area is 151 Å². The van der Waals surface area contributed by atoms with E-state index in [1.54, 1.807) is 10.9 Å². The first-order valence-electron chi connectivity index (χ1n) is 9.10. The van der Waals surface area contributed by atoms with Gasteiger partial charge in [-0.25, -0.2) is 9.37 Å². The molecule has 0 unspecified atom stereocenters. The largest absolute Gasteiger partial charge is 0.299 e. The summed E-state index contributed by atoms with van der Waals surface area (Å²) in [7, 11) is 0. The smallest absolute Gasteiger partial charge is 0.261 e. The summed E-state index contributed by atoms with van der Waals surface area (Å²) in [5.74, 6) is 0.294. The maximum Gasteiger partial charge on any atom is 0.261 e. The fourth-order valence-electron chi connectivity index (χ4n) is 3.69. The van der Waals surface area contributed by atoms with Gasteiger partial charge in [0.2, 0.25) is 0 Å². The van der Waals surface area contributed by atoms with Crippen molar-refractivity contribution in [2.45, 2.75) is 25.9 Å². The standard InChI is InChI=1S/C21H22FN3O/c22-18-7-5-16(6-8-18)13-24-11-9-17(10-12-24)14-25-15-23-20-4-2-1-3-19(20)21(25)26/h1-8,15,17H,9-14H2. The molecule has 4 nitrogen and oxygen atoms in total. The number of hydrogen-bond acceptors (Lipinski definition) is 3. The first-order valence-corrected chi connectivity index (χ1v) is 9.10. The molecule has 1 aliphatic rings. The number of likely N-dealkylation sites (tertiary alicyclic amines) is 1. The maximum absolute atomic E-state index is 13.0. The lowest BCUT2D eigenvalue weighted by molar-refractivity contribution is 0.166. The Morgan fingerprint density at radius 2 is 1.77 bits per heavy atom. The van der Waals surface area contributed by atoms with E-state index in [4.69, 9.17) is 0 Å². The second-order valence-electron chi connectivity index (χ2n) is 7.07. The highest BCUT2D eigenvalue weighted by atomic mass is 19.1. The topological polar surface area (TPSA) is 38.1 Å². The van der Waals surface area contributed by atoms with Crippen LogP contribution < -0.4 is 5.56 Å². The van der Waals surface area contributed by atoms with Crippen LogP contribution in [0.15, 0.2) is 59.7 Å². The van der Waals surface area contributed by atoms with Crippen LogP contribution in [0, 0.1) is 11.7 Å². The number of rotatable bonds is 4. The summed E-state index contributed by atoms with van der Waals surface area (Å²) in [6, 6.07) is 14.2. The lowest BCUT2D eigenvalue weighted by Gasteiger charge is -2.32. The molecule has 2 aromatic carbocycles. The van der Waals surface area contributed by atoms with E-state index in [9.17, 15) is 9.18 Å². The minimum absolute atomic E-state index is 0.0457. The van der Waals surface area contributed by atoms with Crippen molar-refractivity contribution in [1.82, 2.24) is 14.5 Å². The number of benzene rings is 2. The molecule has 0 N–H and O–H groups in total. The van der Waals surface area contributed by atoms with Crippen LogP contribution in [0.4, 0.5) is 4.39 Å². The van der Waals surface area contributed by atoms with E-state index < -0.39 is 0 Å². The van der Waals surface area contributed by atoms with Crippen LogP contribution in [0.25, 0.3) is 10.9 Å². The Kier molecular flexibility index (Phi) is 4.80. The maximum atomic E-state index is 13.0. The van der Waals surface area contributed by atoms with Crippen molar-refractivity contribution in [2.24, 2.45) is 5.92 Å². The average Bonchev–Trinajstić information content (AvgIpc) is 2.67. The minimum Gasteiger partial charge on any atom is -0.299 e. The van der Waals surface area contributed by atoms with E-state index in [0.29, 0.717) is 11.3 Å². The predicted molar refractivity (Wildman–Crippen MR) is 100 cm³/mol. The molecule has 134 valence electrons. The third kappa shape index (κ3) is 3.68. The molecular weight excluding hydrogens is 329 g/mol. The van der Waals surface area contributed by atoms with Gasteiger partial charge < -0.3 is 0 Å². The molecule has 1 aliphatic heterocycles. The number of hydrogen-bond donors (Lipinski definition) is 0. The quantitative estimate of drug-likeness (QED) is 0.723. The molecule has 2 heterocycles. The molecule has 4 rings (SSSR count). The second kappa shape index (κ2) is 7.38. The minimum atomic E-state index is -0.193. The molecule has 0 saturated carbocycles. The molecular formula is C21H22FN3O. The van der Waals surface area contributed by atoms with Gasteiger partial charge in [0.25, 0.3) is 5.56 Å². The zero-order chi connectivity index (χ0) is 17.9. The average molecular weight is 351 g/mol. The summed E-state index contributed by atoms with van der Waals surface area (Å²) in [6.07, 6.45) is 3.79. The van der Waals surface area contributed by atoms with E-state index in [1.807, 2.05) is 36.4 Å². The van der Waals surface area contributed by atoms with Crippen LogP contribution in [-0.2, 0) is 13.1 Å². The van der Waals surface area contributed by atoms with Gasteiger partial charge in [0.05, 0.1) is 17.2 Å². The lowest BCUT2D eigenvalue weighted by atomic mass is 9.96. The fraction of sp³-hybridized carbons (Fsp3) is 0.333. The van der Waals surface area contributed by atoms with Gasteiger partial charge in [0, 0.05) is 13.1 Å². The highest BCUT2D eigenvalue weighted by molar-refractivity contribution is 5.76. The zero-order valence-electron chi connectivity index (χ0n) is 14.6. The van der Waals surface area contributed by atoms with Crippen LogP contribution in [0.5, 0.6) is 0 Å². The highest BCUT2D eigenvalue weighted by Gasteiger charge is 2.20. The highest BCUT2D eigenvalue weighted by Crippen LogP contribution is 2.20. The molecule has 1 aromatic heterocycles. The van der Waals surface area contributed by atoms with Crippen molar-refractivity contribution < 1.29 is 4.39 Å². The van der Waals surface area contributed by atoms with E-state index in [1.165, 1.54) is 12.1 Å². The van der Waals surface area contributed by atoms with E-state index >= 15 is 0 Å². The Hall–Kier alpha value is -2.53. The summed E-state index contributed by atoms with van der Waals surface area (Å²) < 4.78 is 14.8. The SMILES string of the molecule is O=c1c2ccccc2ncn1CC1CCN(Cc2ccc(F)cc2)CC1. The monoisotopic (exact) mass is 351 g/mol. The van der Waals surface area contributed by atoms with Gasteiger partial charge in [0.15, 0.2) is 0 Å². The van der Waals surface area contributed by atoms with Gasteiger partial charge in [-0.15, -0.1) is 0 Å². The Morgan fingerprint density at radius 1 is 1.04 bits per heavy atom. The summed E-state index contributed by atoms with van der Waals surface area (Å²) in [5.41, 5.74) is 1.94. The van der Waals surface area contributed by atoms with Crippen molar-refractivity contribution >= 4 is 10.9 Å². The summed E-state index contributed by atoms with van der Waals surface area (Å²) in [5, 5.41) is 0.684. The molecule has 5 heteroatoms. The van der Waals surface area contributed by atoms with Gasteiger partial charge in [-0.3, -0.25) is 14.3 Å². The number of nitrogens with zero attached hydrogens (tertiary/aromatic N) is 3. The van der Waals surface area contributed by atoms with Gasteiger partial charge in [-0.1, -0.05) is 24.3 Å². The number of halogens is 1. The van der Waals surface area contributed by atoms with Crippen molar-refractivity contribution in [3.63, 3.8) is 0 Å². The summed E-state index contributed by atoms with van der Waals surface area (Å²) in [6.45, 7) is 3.57. The normalized spacial score (nSPS) is 16.2. The van der Waals surface area contributed by atoms with E-state index in [2.05, 4.69) is 9.88 Å². The first kappa shape index (κ1) is 16.9. The molecule has 0 bridgehead atoms. The molecule has 3 aromatic rings. The summed E-state index contributed by atoms with van der Waals surface area (Å²) >= 11 is 0. The van der Waals surface area contributed by atoms with Gasteiger partial charge >= 0.3 is 0 Å². The predicted octanol–water partition coefficient (Wildman–Crippen LogP) is 3.45. The number of piperidine rings is 1. The number of aromatic nitrogens is 2. The molecule has 0 aliphatic carbocycles. The van der Waals surface area contributed by atoms with Gasteiger partial charge in [0.1, 0.15) is 5.82 Å². The third-order valence-corrected chi connectivity index (χ3v) is 5.21. The van der Waals surface area contributed by atoms with Crippen LogP contribution >= 0.6 is 0 Å². The fourth-order valence-corrected chi connectivity index (χ4v) is 3.69. The molecule has 0 amide bonds. The molecule has 1 saturated heterocycles. The van der Waals surface area contributed by atoms with E-state index in [-0.39, 0.29) is 11.4 Å². The molecule has 0 radical (unpaired) electrons. The van der Waals surface area contributed by atoms with E-state index in [0.717, 1.165) is 50.1 Å². The first-order chi connectivity index (χ1) is 12.7. The molecule has 26 heavy (non-hydrogen) atoms. The molecule has 1 fully saturated rings. The number of para-hydroxylation sites is 1. The molecule has 0 atom stereocenters. The van der Waals surface area contributed by atoms with Crippen LogP contribution in [0.2, 0.25) is 0 Å². The van der Waals surface area contributed by atoms with Crippen LogP contribution in [0.3, 0.4) is 0 Å². The Morgan fingerprint density at radius 3 is 2.54 bits per heavy atom. The Balaban J connectivity index is 1.37. The van der Waals surface area contributed by atoms with Crippen molar-refractivity contribution in [2.75, 3.05) is 13.1 Å². The lowest BCUT2D eigenvalue weighted by Crippen LogP contribution is -2.36. The Bertz CT molecular complexity index is 943. The van der Waals surface area contributed by atoms with Crippen molar-refractivity contribution in [1.29, 1.82) is 0 Å². The van der Waals surface area contributed by atoms with Crippen LogP contribution in [0.1, 0.15) is 18.4 Å². The molecule has 0 spiro atoms.